The van der Waals surface area contributed by atoms with Crippen LogP contribution in [-0.2, 0) is 11.2 Å². The molecule has 0 atom stereocenters. The highest BCUT2D eigenvalue weighted by Crippen LogP contribution is 2.38. The maximum atomic E-state index is 13.1. The van der Waals surface area contributed by atoms with Gasteiger partial charge >= 0.3 is 0 Å². The first-order valence-electron chi connectivity index (χ1n) is 11.2. The van der Waals surface area contributed by atoms with Crippen molar-refractivity contribution in [3.63, 3.8) is 0 Å². The molecule has 2 aliphatic rings. The Morgan fingerprint density at radius 1 is 0.886 bits per heavy atom. The molecule has 35 heavy (non-hydrogen) atoms. The number of carbonyl (C=O) groups is 3. The van der Waals surface area contributed by atoms with Crippen LogP contribution in [0.1, 0.15) is 32.7 Å². The largest absolute Gasteiger partial charge is 0.493 e. The van der Waals surface area contributed by atoms with Crippen molar-refractivity contribution in [2.45, 2.75) is 12.8 Å². The monoisotopic (exact) mass is 503 g/mol. The fourth-order valence-corrected chi connectivity index (χ4v) is 4.35. The Labute approximate surface area is 210 Å². The van der Waals surface area contributed by atoms with Crippen molar-refractivity contribution in [2.75, 3.05) is 59.4 Å². The summed E-state index contributed by atoms with van der Waals surface area (Å²) in [6.45, 7) is 2.52. The number of benzene rings is 2. The number of aryl methyl sites for hydroxylation is 1. The molecule has 1 N–H and O–H groups in total. The molecule has 0 radical (unpaired) electrons. The molecule has 2 aromatic rings. The molecule has 1 fully saturated rings. The Morgan fingerprint density at radius 2 is 1.54 bits per heavy atom. The quantitative estimate of drug-likeness (QED) is 0.580. The molecule has 0 aliphatic carbocycles. The molecule has 2 heterocycles. The third kappa shape index (κ3) is 5.68. The Balaban J connectivity index is 0.00000342. The summed E-state index contributed by atoms with van der Waals surface area (Å²) >= 11 is 0. The lowest BCUT2D eigenvalue weighted by atomic mass is 9.98. The van der Waals surface area contributed by atoms with Crippen LogP contribution in [0.2, 0.25) is 0 Å². The van der Waals surface area contributed by atoms with Crippen molar-refractivity contribution in [1.29, 1.82) is 0 Å². The molecule has 4 rings (SSSR count). The SMILES string of the molecule is COc1cc(C(=O)N2CCN(CC(=O)c3ccc4c(c3)CCC(=O)N4)CC2)cc(OC)c1OC.Cl. The van der Waals surface area contributed by atoms with Crippen molar-refractivity contribution in [1.82, 2.24) is 9.80 Å². The van der Waals surface area contributed by atoms with E-state index in [2.05, 4.69) is 10.2 Å². The van der Waals surface area contributed by atoms with Crippen molar-refractivity contribution in [3.05, 3.63) is 47.0 Å². The highest BCUT2D eigenvalue weighted by Gasteiger charge is 2.26. The van der Waals surface area contributed by atoms with Crippen molar-refractivity contribution in [3.8, 4) is 17.2 Å². The number of methoxy groups -OCH3 is 3. The van der Waals surface area contributed by atoms with Gasteiger partial charge in [0.15, 0.2) is 17.3 Å². The lowest BCUT2D eigenvalue weighted by Gasteiger charge is -2.34. The van der Waals surface area contributed by atoms with E-state index in [1.807, 2.05) is 6.07 Å². The van der Waals surface area contributed by atoms with Gasteiger partial charge in [0.25, 0.3) is 5.91 Å². The number of carbonyl (C=O) groups excluding carboxylic acids is 3. The van der Waals surface area contributed by atoms with Crippen LogP contribution in [-0.4, -0.2) is 81.5 Å². The van der Waals surface area contributed by atoms with Gasteiger partial charge in [-0.2, -0.15) is 0 Å². The highest BCUT2D eigenvalue weighted by atomic mass is 35.5. The topological polar surface area (TPSA) is 97.4 Å². The van der Waals surface area contributed by atoms with Crippen LogP contribution >= 0.6 is 12.4 Å². The first-order chi connectivity index (χ1) is 16.4. The maximum Gasteiger partial charge on any atom is 0.254 e. The number of amides is 2. The van der Waals surface area contributed by atoms with Crippen molar-refractivity contribution in [2.24, 2.45) is 0 Å². The van der Waals surface area contributed by atoms with Crippen LogP contribution in [0.4, 0.5) is 5.69 Å². The van der Waals surface area contributed by atoms with E-state index < -0.39 is 0 Å². The van der Waals surface area contributed by atoms with Gasteiger partial charge in [0.1, 0.15) is 0 Å². The standard InChI is InChI=1S/C25H29N3O6.ClH/c1-32-21-13-18(14-22(33-2)24(21)34-3)25(31)28-10-8-27(9-11-28)15-20(29)17-4-6-19-16(12-17)5-7-23(30)26-19;/h4,6,12-14H,5,7-11,15H2,1-3H3,(H,26,30);1H. The summed E-state index contributed by atoms with van der Waals surface area (Å²) in [5.41, 5.74) is 2.88. The molecule has 0 bridgehead atoms. The molecular weight excluding hydrogens is 474 g/mol. The van der Waals surface area contributed by atoms with E-state index in [1.54, 1.807) is 29.2 Å². The van der Waals surface area contributed by atoms with E-state index in [9.17, 15) is 14.4 Å². The van der Waals surface area contributed by atoms with Crippen LogP contribution in [0.25, 0.3) is 0 Å². The van der Waals surface area contributed by atoms with Gasteiger partial charge in [0, 0.05) is 49.4 Å². The van der Waals surface area contributed by atoms with Gasteiger partial charge in [0.05, 0.1) is 27.9 Å². The highest BCUT2D eigenvalue weighted by molar-refractivity contribution is 6.00. The Hall–Kier alpha value is -3.30. The maximum absolute atomic E-state index is 13.1. The van der Waals surface area contributed by atoms with Crippen LogP contribution in [0.15, 0.2) is 30.3 Å². The number of piperazine rings is 1. The van der Waals surface area contributed by atoms with Crippen LogP contribution in [0, 0.1) is 0 Å². The van der Waals surface area contributed by atoms with Gasteiger partial charge in [-0.05, 0) is 42.3 Å². The van der Waals surface area contributed by atoms with E-state index in [4.69, 9.17) is 14.2 Å². The fraction of sp³-hybridized carbons (Fsp3) is 0.400. The zero-order chi connectivity index (χ0) is 24.2. The third-order valence-electron chi connectivity index (χ3n) is 6.26. The predicted octanol–water partition coefficient (Wildman–Crippen LogP) is 2.66. The molecule has 0 saturated carbocycles. The van der Waals surface area contributed by atoms with Gasteiger partial charge in [-0.15, -0.1) is 12.4 Å². The Bertz CT molecular complexity index is 1090. The number of anilines is 1. The summed E-state index contributed by atoms with van der Waals surface area (Å²) in [7, 11) is 4.55. The van der Waals surface area contributed by atoms with E-state index >= 15 is 0 Å². The summed E-state index contributed by atoms with van der Waals surface area (Å²) in [4.78, 5) is 41.3. The smallest absolute Gasteiger partial charge is 0.254 e. The summed E-state index contributed by atoms with van der Waals surface area (Å²) in [5.74, 6) is 1.21. The van der Waals surface area contributed by atoms with E-state index in [-0.39, 0.29) is 36.5 Å². The molecule has 0 aromatic heterocycles. The van der Waals surface area contributed by atoms with Crippen LogP contribution in [0.3, 0.4) is 0 Å². The first kappa shape index (κ1) is 26.3. The Kier molecular flexibility index (Phi) is 8.58. The molecule has 2 aromatic carbocycles. The number of halogens is 1. The number of nitrogens with one attached hydrogen (secondary N) is 1. The fourth-order valence-electron chi connectivity index (χ4n) is 4.35. The van der Waals surface area contributed by atoms with Crippen molar-refractivity contribution >= 4 is 35.7 Å². The average Bonchev–Trinajstić information content (AvgIpc) is 2.87. The number of ether oxygens (including phenoxy) is 3. The summed E-state index contributed by atoms with van der Waals surface area (Å²) in [6.07, 6.45) is 1.08. The summed E-state index contributed by atoms with van der Waals surface area (Å²) in [6, 6.07) is 8.74. The van der Waals surface area contributed by atoms with E-state index in [0.717, 1.165) is 11.3 Å². The molecule has 2 amide bonds. The van der Waals surface area contributed by atoms with Gasteiger partial charge in [-0.1, -0.05) is 0 Å². The normalized spacial score (nSPS) is 15.4. The first-order valence-corrected chi connectivity index (χ1v) is 11.2. The van der Waals surface area contributed by atoms with Gasteiger partial charge in [-0.25, -0.2) is 0 Å². The number of ketones is 1. The van der Waals surface area contributed by atoms with Gasteiger partial charge in [0.2, 0.25) is 11.7 Å². The van der Waals surface area contributed by atoms with Crippen LogP contribution in [0.5, 0.6) is 17.2 Å². The zero-order valence-electron chi connectivity index (χ0n) is 20.1. The molecule has 10 heteroatoms. The number of rotatable bonds is 7. The minimum atomic E-state index is -0.123. The number of hydrogen-bond donors (Lipinski definition) is 1. The lowest BCUT2D eigenvalue weighted by Crippen LogP contribution is -2.49. The predicted molar refractivity (Wildman–Crippen MR) is 133 cm³/mol. The second kappa shape index (κ2) is 11.4. The third-order valence-corrected chi connectivity index (χ3v) is 6.26. The van der Waals surface area contributed by atoms with Crippen LogP contribution < -0.4 is 19.5 Å². The number of nitrogens with zero attached hydrogens (tertiary/aromatic N) is 2. The minimum Gasteiger partial charge on any atom is -0.493 e. The molecule has 188 valence electrons. The van der Waals surface area contributed by atoms with E-state index in [0.29, 0.717) is 67.4 Å². The second-order valence-corrected chi connectivity index (χ2v) is 8.33. The molecule has 0 spiro atoms. The zero-order valence-corrected chi connectivity index (χ0v) is 20.9. The number of fused-ring (bicyclic) bond motifs is 1. The lowest BCUT2D eigenvalue weighted by molar-refractivity contribution is -0.116. The molecule has 9 nitrogen and oxygen atoms in total. The second-order valence-electron chi connectivity index (χ2n) is 8.33. The van der Waals surface area contributed by atoms with Gasteiger partial charge in [-0.3, -0.25) is 19.3 Å². The average molecular weight is 504 g/mol. The van der Waals surface area contributed by atoms with Crippen molar-refractivity contribution < 1.29 is 28.6 Å². The molecule has 0 unspecified atom stereocenters. The Morgan fingerprint density at radius 3 is 2.14 bits per heavy atom. The summed E-state index contributed by atoms with van der Waals surface area (Å²) in [5, 5.41) is 2.84. The van der Waals surface area contributed by atoms with E-state index in [1.165, 1.54) is 21.3 Å². The number of hydrogen-bond acceptors (Lipinski definition) is 7. The minimum absolute atomic E-state index is 0. The van der Waals surface area contributed by atoms with Gasteiger partial charge < -0.3 is 24.4 Å². The molecule has 1 saturated heterocycles. The number of Topliss-reactive ketones (excluding diaryl/α,β-unsaturated/α-hetero) is 1. The summed E-state index contributed by atoms with van der Waals surface area (Å²) < 4.78 is 16.0. The molecular formula is C25H30ClN3O6. The molecule has 2 aliphatic heterocycles.